The van der Waals surface area contributed by atoms with Crippen LogP contribution in [-0.4, -0.2) is 12.5 Å². The van der Waals surface area contributed by atoms with Crippen LogP contribution in [0.2, 0.25) is 0 Å². The second-order valence-electron chi connectivity index (χ2n) is 4.62. The summed E-state index contributed by atoms with van der Waals surface area (Å²) in [6.45, 7) is 4.37. The van der Waals surface area contributed by atoms with E-state index in [0.717, 1.165) is 11.3 Å². The molecule has 1 amide bonds. The van der Waals surface area contributed by atoms with E-state index in [0.29, 0.717) is 12.1 Å². The number of hydrogen-bond donors (Lipinski definition) is 1. The van der Waals surface area contributed by atoms with Gasteiger partial charge in [-0.05, 0) is 44.2 Å². The fourth-order valence-corrected chi connectivity index (χ4v) is 1.98. The number of aryl methyl sites for hydroxylation is 1. The third-order valence-electron chi connectivity index (χ3n) is 3.15. The number of carbonyl (C=O) groups excluding carboxylic acids is 1. The fraction of sp³-hybridized carbons (Fsp3) is 0.188. The van der Waals surface area contributed by atoms with E-state index in [9.17, 15) is 9.18 Å². The summed E-state index contributed by atoms with van der Waals surface area (Å²) in [5, 5.41) is 0. The maximum atomic E-state index is 13.5. The molecule has 4 heteroatoms. The highest BCUT2D eigenvalue weighted by Gasteiger charge is 2.17. The third kappa shape index (κ3) is 2.79. The average molecular weight is 272 g/mol. The lowest BCUT2D eigenvalue weighted by molar-refractivity contribution is 0.0988. The molecule has 0 spiro atoms. The van der Waals surface area contributed by atoms with Crippen molar-refractivity contribution in [2.24, 2.45) is 0 Å². The number of carbonyl (C=O) groups is 1. The van der Waals surface area contributed by atoms with Crippen LogP contribution in [0.4, 0.5) is 15.8 Å². The van der Waals surface area contributed by atoms with Crippen LogP contribution >= 0.6 is 0 Å². The van der Waals surface area contributed by atoms with Crippen molar-refractivity contribution in [2.45, 2.75) is 13.8 Å². The van der Waals surface area contributed by atoms with Gasteiger partial charge in [-0.1, -0.05) is 17.7 Å². The Morgan fingerprint density at radius 2 is 1.85 bits per heavy atom. The molecule has 0 aliphatic rings. The topological polar surface area (TPSA) is 46.3 Å². The van der Waals surface area contributed by atoms with Gasteiger partial charge in [0, 0.05) is 17.8 Å². The molecule has 0 atom stereocenters. The molecule has 20 heavy (non-hydrogen) atoms. The Hall–Kier alpha value is -2.36. The number of nitrogens with two attached hydrogens (primary N) is 1. The summed E-state index contributed by atoms with van der Waals surface area (Å²) in [5.74, 6) is -0.814. The third-order valence-corrected chi connectivity index (χ3v) is 3.15. The first-order valence-electron chi connectivity index (χ1n) is 6.46. The van der Waals surface area contributed by atoms with E-state index in [1.165, 1.54) is 18.2 Å². The van der Waals surface area contributed by atoms with Crippen LogP contribution in [-0.2, 0) is 0 Å². The van der Waals surface area contributed by atoms with Gasteiger partial charge in [0.15, 0.2) is 0 Å². The maximum absolute atomic E-state index is 13.5. The minimum Gasteiger partial charge on any atom is -0.396 e. The molecule has 0 fully saturated rings. The number of nitrogen functional groups attached to an aromatic ring is 1. The predicted molar refractivity (Wildman–Crippen MR) is 79.3 cm³/mol. The van der Waals surface area contributed by atoms with Crippen molar-refractivity contribution in [3.05, 3.63) is 59.4 Å². The lowest BCUT2D eigenvalue weighted by atomic mass is 10.1. The molecule has 0 radical (unpaired) electrons. The Labute approximate surface area is 117 Å². The molecule has 2 rings (SSSR count). The van der Waals surface area contributed by atoms with Crippen LogP contribution in [0.1, 0.15) is 22.8 Å². The first-order valence-corrected chi connectivity index (χ1v) is 6.46. The highest BCUT2D eigenvalue weighted by Crippen LogP contribution is 2.19. The molecule has 2 N–H and O–H groups in total. The largest absolute Gasteiger partial charge is 0.396 e. The predicted octanol–water partition coefficient (Wildman–Crippen LogP) is 3.38. The highest BCUT2D eigenvalue weighted by molar-refractivity contribution is 6.06. The maximum Gasteiger partial charge on any atom is 0.258 e. The highest BCUT2D eigenvalue weighted by atomic mass is 19.1. The molecular formula is C16H17FN2O. The van der Waals surface area contributed by atoms with Crippen LogP contribution in [0.15, 0.2) is 42.5 Å². The van der Waals surface area contributed by atoms with Gasteiger partial charge in [0.1, 0.15) is 5.82 Å². The minimum atomic E-state index is -0.573. The molecule has 0 saturated heterocycles. The average Bonchev–Trinajstić information content (AvgIpc) is 2.44. The van der Waals surface area contributed by atoms with Crippen molar-refractivity contribution in [3.63, 3.8) is 0 Å². The minimum absolute atomic E-state index is 0.0416. The fourth-order valence-electron chi connectivity index (χ4n) is 1.98. The number of benzene rings is 2. The van der Waals surface area contributed by atoms with Crippen LogP contribution < -0.4 is 10.6 Å². The van der Waals surface area contributed by atoms with E-state index in [1.54, 1.807) is 4.90 Å². The molecule has 0 unspecified atom stereocenters. The van der Waals surface area contributed by atoms with Gasteiger partial charge in [0.25, 0.3) is 5.91 Å². The second kappa shape index (κ2) is 5.74. The van der Waals surface area contributed by atoms with Gasteiger partial charge < -0.3 is 10.6 Å². The quantitative estimate of drug-likeness (QED) is 0.871. The summed E-state index contributed by atoms with van der Waals surface area (Å²) in [6, 6.07) is 11.8. The van der Waals surface area contributed by atoms with Gasteiger partial charge in [-0.25, -0.2) is 4.39 Å². The summed E-state index contributed by atoms with van der Waals surface area (Å²) in [5.41, 5.74) is 7.67. The molecule has 0 bridgehead atoms. The number of nitrogens with zero attached hydrogens (tertiary/aromatic N) is 1. The first-order chi connectivity index (χ1) is 9.52. The van der Waals surface area contributed by atoms with Crippen molar-refractivity contribution in [2.75, 3.05) is 17.2 Å². The van der Waals surface area contributed by atoms with Crippen LogP contribution in [0.5, 0.6) is 0 Å². The van der Waals surface area contributed by atoms with Crippen molar-refractivity contribution in [3.8, 4) is 0 Å². The van der Waals surface area contributed by atoms with E-state index in [2.05, 4.69) is 0 Å². The second-order valence-corrected chi connectivity index (χ2v) is 4.62. The Kier molecular flexibility index (Phi) is 4.03. The summed E-state index contributed by atoms with van der Waals surface area (Å²) < 4.78 is 13.5. The Balaban J connectivity index is 2.33. The molecule has 3 nitrogen and oxygen atoms in total. The summed E-state index contributed by atoms with van der Waals surface area (Å²) >= 11 is 0. The molecule has 2 aromatic carbocycles. The summed E-state index contributed by atoms with van der Waals surface area (Å²) in [4.78, 5) is 14.0. The van der Waals surface area contributed by atoms with E-state index in [4.69, 9.17) is 5.73 Å². The molecular weight excluding hydrogens is 255 g/mol. The normalized spacial score (nSPS) is 10.3. The van der Waals surface area contributed by atoms with Gasteiger partial charge >= 0.3 is 0 Å². The van der Waals surface area contributed by atoms with Gasteiger partial charge in [-0.15, -0.1) is 0 Å². The Morgan fingerprint density at radius 3 is 2.40 bits per heavy atom. The van der Waals surface area contributed by atoms with E-state index < -0.39 is 5.82 Å². The van der Waals surface area contributed by atoms with Gasteiger partial charge in [-0.2, -0.15) is 0 Å². The molecule has 0 aliphatic heterocycles. The number of anilines is 2. The van der Waals surface area contributed by atoms with Crippen molar-refractivity contribution >= 4 is 17.3 Å². The molecule has 104 valence electrons. The van der Waals surface area contributed by atoms with Crippen LogP contribution in [0.3, 0.4) is 0 Å². The lowest BCUT2D eigenvalue weighted by Crippen LogP contribution is -2.30. The van der Waals surface area contributed by atoms with Crippen molar-refractivity contribution in [1.29, 1.82) is 0 Å². The van der Waals surface area contributed by atoms with Gasteiger partial charge in [0.2, 0.25) is 0 Å². The molecule has 2 aromatic rings. The smallest absolute Gasteiger partial charge is 0.258 e. The van der Waals surface area contributed by atoms with Crippen LogP contribution in [0, 0.1) is 12.7 Å². The van der Waals surface area contributed by atoms with Crippen molar-refractivity contribution in [1.82, 2.24) is 0 Å². The van der Waals surface area contributed by atoms with E-state index in [1.807, 2.05) is 38.1 Å². The zero-order valence-electron chi connectivity index (χ0n) is 11.6. The molecule has 0 saturated carbocycles. The zero-order chi connectivity index (χ0) is 14.7. The Morgan fingerprint density at radius 1 is 1.20 bits per heavy atom. The monoisotopic (exact) mass is 272 g/mol. The standard InChI is InChI=1S/C16H17FN2O/c1-3-19(13-7-4-11(2)5-8-13)16(20)12-6-9-15(18)14(17)10-12/h4-10H,3,18H2,1-2H3. The van der Waals surface area contributed by atoms with Gasteiger partial charge in [-0.3, -0.25) is 4.79 Å². The SMILES string of the molecule is CCN(C(=O)c1ccc(N)c(F)c1)c1ccc(C)cc1. The Bertz CT molecular complexity index is 623. The number of amides is 1. The zero-order valence-corrected chi connectivity index (χ0v) is 11.6. The van der Waals surface area contributed by atoms with Crippen molar-refractivity contribution < 1.29 is 9.18 Å². The number of hydrogen-bond acceptors (Lipinski definition) is 2. The molecule has 0 aliphatic carbocycles. The molecule has 0 aromatic heterocycles. The summed E-state index contributed by atoms with van der Waals surface area (Å²) in [7, 11) is 0. The van der Waals surface area contributed by atoms with Crippen LogP contribution in [0.25, 0.3) is 0 Å². The number of halogens is 1. The number of rotatable bonds is 3. The molecule has 0 heterocycles. The summed E-state index contributed by atoms with van der Waals surface area (Å²) in [6.07, 6.45) is 0. The lowest BCUT2D eigenvalue weighted by Gasteiger charge is -2.21. The van der Waals surface area contributed by atoms with Gasteiger partial charge in [0.05, 0.1) is 5.69 Å². The van der Waals surface area contributed by atoms with E-state index in [-0.39, 0.29) is 11.6 Å². The van der Waals surface area contributed by atoms with E-state index >= 15 is 0 Å². The first kappa shape index (κ1) is 14.1.